The van der Waals surface area contributed by atoms with E-state index < -0.39 is 5.41 Å². The van der Waals surface area contributed by atoms with E-state index in [-0.39, 0.29) is 30.3 Å². The van der Waals surface area contributed by atoms with Crippen LogP contribution in [0.25, 0.3) is 0 Å². The van der Waals surface area contributed by atoms with Gasteiger partial charge in [0.25, 0.3) is 0 Å². The van der Waals surface area contributed by atoms with E-state index in [2.05, 4.69) is 34.8 Å². The monoisotopic (exact) mass is 643 g/mol. The minimum Gasteiger partial charge on any atom is -0.329 e. The molecule has 3 aliphatic rings. The van der Waals surface area contributed by atoms with Gasteiger partial charge in [-0.3, -0.25) is 14.4 Å². The van der Waals surface area contributed by atoms with Crippen LogP contribution in [0.15, 0.2) is 36.5 Å². The molecule has 8 nitrogen and oxygen atoms in total. The van der Waals surface area contributed by atoms with Crippen LogP contribution in [-0.4, -0.2) is 53.3 Å². The Labute approximate surface area is 282 Å². The van der Waals surface area contributed by atoms with Gasteiger partial charge in [-0.15, -0.1) is 0 Å². The van der Waals surface area contributed by atoms with Crippen LogP contribution in [0.2, 0.25) is 0 Å². The van der Waals surface area contributed by atoms with Crippen molar-refractivity contribution >= 4 is 29.2 Å². The van der Waals surface area contributed by atoms with Crippen molar-refractivity contribution in [2.75, 3.05) is 30.3 Å². The first kappa shape index (κ1) is 35.1. The Kier molecular flexibility index (Phi) is 12.9. The third-order valence-corrected chi connectivity index (χ3v) is 10.6. The van der Waals surface area contributed by atoms with Crippen molar-refractivity contribution < 1.29 is 14.4 Å². The maximum Gasteiger partial charge on any atom is 0.244 e. The number of carbonyl (C=O) groups excluding carboxylic acids is 3. The molecule has 1 fully saturated rings. The van der Waals surface area contributed by atoms with Crippen LogP contribution in [0, 0.1) is 5.92 Å². The fourth-order valence-corrected chi connectivity index (χ4v) is 7.92. The fraction of sp³-hybridized carbons (Fsp3) is 0.641. The van der Waals surface area contributed by atoms with Crippen molar-refractivity contribution in [3.63, 3.8) is 0 Å². The number of unbranched alkanes of at least 4 members (excludes halogenated alkanes) is 12. The molecular formula is C39H57N5O3. The topological polar surface area (TPSA) is 103 Å². The van der Waals surface area contributed by atoms with Crippen LogP contribution < -0.4 is 16.0 Å². The molecule has 5 rings (SSSR count). The Morgan fingerprint density at radius 3 is 2.30 bits per heavy atom. The largest absolute Gasteiger partial charge is 0.329 e. The minimum absolute atomic E-state index is 0.0130. The van der Waals surface area contributed by atoms with Gasteiger partial charge in [-0.1, -0.05) is 103 Å². The average Bonchev–Trinajstić information content (AvgIpc) is 3.58. The number of carbonyl (C=O) groups is 3. The molecule has 2 aromatic rings. The quantitative estimate of drug-likeness (QED) is 0.148. The van der Waals surface area contributed by atoms with Crippen LogP contribution >= 0.6 is 0 Å². The second-order valence-electron chi connectivity index (χ2n) is 14.5. The third-order valence-electron chi connectivity index (χ3n) is 10.6. The zero-order valence-electron chi connectivity index (χ0n) is 28.9. The van der Waals surface area contributed by atoms with Crippen molar-refractivity contribution in [1.82, 2.24) is 15.2 Å². The maximum atomic E-state index is 13.5. The van der Waals surface area contributed by atoms with E-state index in [1.807, 2.05) is 35.2 Å². The highest BCUT2D eigenvalue weighted by Crippen LogP contribution is 2.47. The van der Waals surface area contributed by atoms with Gasteiger partial charge in [0.1, 0.15) is 12.4 Å². The Balaban J connectivity index is 1.08. The summed E-state index contributed by atoms with van der Waals surface area (Å²) in [5, 5.41) is 9.48. The number of benzene rings is 1. The van der Waals surface area contributed by atoms with E-state index in [1.54, 1.807) is 6.20 Å². The van der Waals surface area contributed by atoms with E-state index >= 15 is 0 Å². The van der Waals surface area contributed by atoms with E-state index in [0.717, 1.165) is 49.0 Å². The summed E-state index contributed by atoms with van der Waals surface area (Å²) in [5.74, 6) is 0.998. The van der Waals surface area contributed by atoms with Crippen LogP contribution in [0.3, 0.4) is 0 Å². The van der Waals surface area contributed by atoms with Gasteiger partial charge in [0.05, 0.1) is 5.41 Å². The lowest BCUT2D eigenvalue weighted by Crippen LogP contribution is -2.53. The van der Waals surface area contributed by atoms with Crippen molar-refractivity contribution in [2.24, 2.45) is 5.92 Å². The van der Waals surface area contributed by atoms with Crippen molar-refractivity contribution in [3.8, 4) is 0 Å². The summed E-state index contributed by atoms with van der Waals surface area (Å²) in [5.41, 5.74) is 3.19. The highest BCUT2D eigenvalue weighted by molar-refractivity contribution is 6.06. The lowest BCUT2D eigenvalue weighted by molar-refractivity contribution is -0.137. The Morgan fingerprint density at radius 2 is 1.60 bits per heavy atom. The Hall–Kier alpha value is -3.26. The summed E-state index contributed by atoms with van der Waals surface area (Å²) in [6, 6.07) is 9.81. The average molecular weight is 644 g/mol. The fourth-order valence-electron chi connectivity index (χ4n) is 7.92. The summed E-state index contributed by atoms with van der Waals surface area (Å²) >= 11 is 0. The first-order chi connectivity index (χ1) is 22.9. The summed E-state index contributed by atoms with van der Waals surface area (Å²) in [6.45, 7) is 6.19. The second-order valence-corrected chi connectivity index (χ2v) is 14.5. The van der Waals surface area contributed by atoms with Gasteiger partial charge >= 0.3 is 0 Å². The molecule has 1 spiro atoms. The second kappa shape index (κ2) is 17.2. The van der Waals surface area contributed by atoms with Crippen LogP contribution in [0.4, 0.5) is 11.5 Å². The SMILES string of the molecule is CCCCCCCCCCCCCCCC(=O)N(CC(=O)Nc1ccc2c(c1)C[C@@]1(C2)C(=O)Nc2ncccc21)[C@@H]1CNC[C@@H](C)C1. The van der Waals surface area contributed by atoms with Gasteiger partial charge in [-0.2, -0.15) is 0 Å². The molecule has 3 heterocycles. The first-order valence-electron chi connectivity index (χ1n) is 18.6. The predicted molar refractivity (Wildman–Crippen MR) is 189 cm³/mol. The number of nitrogens with one attached hydrogen (secondary N) is 3. The molecule has 0 radical (unpaired) electrons. The normalized spacial score (nSPS) is 21.4. The molecule has 1 aromatic heterocycles. The molecule has 47 heavy (non-hydrogen) atoms. The summed E-state index contributed by atoms with van der Waals surface area (Å²) in [4.78, 5) is 46.2. The van der Waals surface area contributed by atoms with Crippen LogP contribution in [0.5, 0.6) is 0 Å². The molecule has 1 aliphatic carbocycles. The lowest BCUT2D eigenvalue weighted by Gasteiger charge is -2.37. The number of amides is 3. The molecule has 1 aromatic carbocycles. The maximum absolute atomic E-state index is 13.5. The molecule has 3 N–H and O–H groups in total. The lowest BCUT2D eigenvalue weighted by atomic mass is 9.79. The Bertz CT molecular complexity index is 1360. The molecule has 0 unspecified atom stereocenters. The molecule has 3 amide bonds. The molecule has 0 bridgehead atoms. The zero-order chi connectivity index (χ0) is 33.1. The highest BCUT2D eigenvalue weighted by atomic mass is 16.2. The number of hydrogen-bond donors (Lipinski definition) is 3. The number of nitrogens with zero attached hydrogens (tertiary/aromatic N) is 2. The van der Waals surface area contributed by atoms with Gasteiger partial charge in [-0.25, -0.2) is 4.98 Å². The number of piperidine rings is 1. The molecule has 0 saturated carbocycles. The number of rotatable bonds is 18. The summed E-state index contributed by atoms with van der Waals surface area (Å²) in [6.07, 6.45) is 20.9. The molecule has 1 saturated heterocycles. The smallest absolute Gasteiger partial charge is 0.244 e. The van der Waals surface area contributed by atoms with Crippen LogP contribution in [0.1, 0.15) is 127 Å². The summed E-state index contributed by atoms with van der Waals surface area (Å²) < 4.78 is 0. The zero-order valence-corrected chi connectivity index (χ0v) is 28.9. The van der Waals surface area contributed by atoms with E-state index in [0.29, 0.717) is 36.7 Å². The van der Waals surface area contributed by atoms with Gasteiger partial charge in [-0.05, 0) is 67.5 Å². The van der Waals surface area contributed by atoms with Crippen molar-refractivity contribution in [2.45, 2.75) is 134 Å². The van der Waals surface area contributed by atoms with Crippen LogP contribution in [-0.2, 0) is 32.6 Å². The van der Waals surface area contributed by atoms with Crippen molar-refractivity contribution in [1.29, 1.82) is 0 Å². The van der Waals surface area contributed by atoms with Gasteiger partial charge in [0.2, 0.25) is 17.7 Å². The molecule has 8 heteroatoms. The number of pyridine rings is 1. The molecule has 3 atom stereocenters. The van der Waals surface area contributed by atoms with Gasteiger partial charge in [0, 0.05) is 36.5 Å². The molecular weight excluding hydrogens is 586 g/mol. The van der Waals surface area contributed by atoms with E-state index in [4.69, 9.17) is 0 Å². The van der Waals surface area contributed by atoms with Gasteiger partial charge in [0.15, 0.2) is 0 Å². The highest BCUT2D eigenvalue weighted by Gasteiger charge is 2.51. The number of anilines is 2. The third kappa shape index (κ3) is 9.21. The first-order valence-corrected chi connectivity index (χ1v) is 18.6. The van der Waals surface area contributed by atoms with Crippen molar-refractivity contribution in [3.05, 3.63) is 53.2 Å². The van der Waals surface area contributed by atoms with E-state index in [1.165, 1.54) is 70.6 Å². The Morgan fingerprint density at radius 1 is 0.915 bits per heavy atom. The number of fused-ring (bicyclic) bond motifs is 3. The standard InChI is InChI=1S/C39H57N5O3/c1-3-4-5-6-7-8-9-10-11-12-13-14-15-18-36(46)44(33-22-29(2)26-40-27-33)28-35(45)42-32-20-19-30-24-39(25-31(30)23-32)34-17-16-21-41-37(34)43-38(39)47/h16-17,19-21,23,29,33,40H,3-15,18,22,24-28H2,1-2H3,(H,42,45)(H,41,43,47)/t29-,33-,39+/m0/s1. The molecule has 256 valence electrons. The summed E-state index contributed by atoms with van der Waals surface area (Å²) in [7, 11) is 0. The number of aromatic nitrogens is 1. The number of hydrogen-bond acceptors (Lipinski definition) is 5. The predicted octanol–water partition coefficient (Wildman–Crippen LogP) is 7.32. The van der Waals surface area contributed by atoms with Gasteiger partial charge < -0.3 is 20.9 Å². The molecule has 2 aliphatic heterocycles. The van der Waals surface area contributed by atoms with E-state index in [9.17, 15) is 14.4 Å². The minimum atomic E-state index is -0.643.